The van der Waals surface area contributed by atoms with E-state index in [0.717, 1.165) is 19.4 Å². The first-order valence-corrected chi connectivity index (χ1v) is 7.44. The lowest BCUT2D eigenvalue weighted by Gasteiger charge is -2.26. The summed E-state index contributed by atoms with van der Waals surface area (Å²) in [6.45, 7) is 9.36. The Morgan fingerprint density at radius 3 is 2.53 bits per heavy atom. The second kappa shape index (κ2) is 7.37. The van der Waals surface area contributed by atoms with Gasteiger partial charge in [0.05, 0.1) is 5.02 Å². The summed E-state index contributed by atoms with van der Waals surface area (Å²) in [5.74, 6) is 0.656. The van der Waals surface area contributed by atoms with Gasteiger partial charge in [-0.25, -0.2) is 0 Å². The third kappa shape index (κ3) is 6.51. The molecule has 0 heterocycles. The minimum atomic E-state index is 0.0769. The fourth-order valence-corrected chi connectivity index (χ4v) is 2.02. The Labute approximate surface area is 126 Å². The van der Waals surface area contributed by atoms with Gasteiger partial charge in [-0.3, -0.25) is 0 Å². The highest BCUT2D eigenvalue weighted by molar-refractivity contribution is 6.34. The van der Waals surface area contributed by atoms with E-state index in [-0.39, 0.29) is 11.6 Å². The van der Waals surface area contributed by atoms with E-state index in [1.165, 1.54) is 0 Å². The van der Waals surface area contributed by atoms with Crippen molar-refractivity contribution in [3.63, 3.8) is 0 Å². The van der Waals surface area contributed by atoms with Gasteiger partial charge in [-0.15, -0.1) is 0 Å². The van der Waals surface area contributed by atoms with E-state index in [2.05, 4.69) is 33.0 Å². The second-order valence-electron chi connectivity index (χ2n) is 5.73. The predicted octanol–water partition coefficient (Wildman–Crippen LogP) is 4.93. The van der Waals surface area contributed by atoms with Crippen LogP contribution in [0.2, 0.25) is 10.0 Å². The molecule has 0 amide bonds. The van der Waals surface area contributed by atoms with E-state index in [1.807, 2.05) is 0 Å². The van der Waals surface area contributed by atoms with Gasteiger partial charge in [0.2, 0.25) is 0 Å². The minimum absolute atomic E-state index is 0.0769. The summed E-state index contributed by atoms with van der Waals surface area (Å²) in [6.07, 6.45) is 2.14. The number of ether oxygens (including phenoxy) is 1. The monoisotopic (exact) mass is 303 g/mol. The van der Waals surface area contributed by atoms with Crippen LogP contribution in [0.3, 0.4) is 0 Å². The number of nitrogens with one attached hydrogen (secondary N) is 1. The Morgan fingerprint density at radius 2 is 1.95 bits per heavy atom. The molecule has 0 radical (unpaired) electrons. The molecule has 0 aromatic heterocycles. The van der Waals surface area contributed by atoms with Gasteiger partial charge in [-0.05, 0) is 39.3 Å². The Bertz CT molecular complexity index is 402. The highest BCUT2D eigenvalue weighted by Gasteiger charge is 2.16. The third-order valence-corrected chi connectivity index (χ3v) is 3.20. The molecule has 1 aromatic carbocycles. The van der Waals surface area contributed by atoms with Gasteiger partial charge in [-0.2, -0.15) is 0 Å². The van der Waals surface area contributed by atoms with E-state index < -0.39 is 0 Å². The summed E-state index contributed by atoms with van der Waals surface area (Å²) < 4.78 is 5.98. The summed E-state index contributed by atoms with van der Waals surface area (Å²) in [6, 6.07) is 5.29. The van der Waals surface area contributed by atoms with Crippen LogP contribution in [-0.2, 0) is 0 Å². The van der Waals surface area contributed by atoms with Crippen molar-refractivity contribution < 1.29 is 4.74 Å². The average Bonchev–Trinajstić information content (AvgIpc) is 2.30. The van der Waals surface area contributed by atoms with Gasteiger partial charge in [0.15, 0.2) is 0 Å². The van der Waals surface area contributed by atoms with Crippen LogP contribution in [0.15, 0.2) is 18.2 Å². The molecule has 0 fully saturated rings. The zero-order chi connectivity index (χ0) is 14.5. The lowest BCUT2D eigenvalue weighted by atomic mass is 10.1. The molecule has 1 unspecified atom stereocenters. The van der Waals surface area contributed by atoms with E-state index in [4.69, 9.17) is 27.9 Å². The molecule has 1 aromatic rings. The van der Waals surface area contributed by atoms with Crippen LogP contribution in [0.25, 0.3) is 0 Å². The van der Waals surface area contributed by atoms with Crippen molar-refractivity contribution in [2.24, 2.45) is 0 Å². The topological polar surface area (TPSA) is 21.3 Å². The lowest BCUT2D eigenvalue weighted by Crippen LogP contribution is -2.42. The maximum atomic E-state index is 6.13. The van der Waals surface area contributed by atoms with Gasteiger partial charge < -0.3 is 10.1 Å². The molecule has 108 valence electrons. The highest BCUT2D eigenvalue weighted by atomic mass is 35.5. The molecular formula is C15H23Cl2NO. The Morgan fingerprint density at radius 1 is 1.26 bits per heavy atom. The van der Waals surface area contributed by atoms with E-state index in [0.29, 0.717) is 15.8 Å². The standard InChI is InChI=1S/C15H23Cl2NO/c1-5-6-12(10-18-15(2,3)4)19-14-9-11(16)7-8-13(14)17/h7-9,12,18H,5-6,10H2,1-4H3. The van der Waals surface area contributed by atoms with E-state index >= 15 is 0 Å². The maximum Gasteiger partial charge on any atom is 0.139 e. The molecule has 2 nitrogen and oxygen atoms in total. The molecule has 0 aliphatic carbocycles. The van der Waals surface area contributed by atoms with Crippen molar-refractivity contribution >= 4 is 23.2 Å². The molecule has 4 heteroatoms. The van der Waals surface area contributed by atoms with Crippen LogP contribution in [0, 0.1) is 0 Å². The van der Waals surface area contributed by atoms with Gasteiger partial charge >= 0.3 is 0 Å². The number of rotatable bonds is 6. The van der Waals surface area contributed by atoms with E-state index in [1.54, 1.807) is 18.2 Å². The van der Waals surface area contributed by atoms with Gasteiger partial charge in [-0.1, -0.05) is 36.5 Å². The number of hydrogen-bond donors (Lipinski definition) is 1. The Hall–Kier alpha value is -0.440. The largest absolute Gasteiger partial charge is 0.487 e. The first-order chi connectivity index (χ1) is 8.81. The van der Waals surface area contributed by atoms with Crippen molar-refractivity contribution in [1.29, 1.82) is 0 Å². The van der Waals surface area contributed by atoms with Gasteiger partial charge in [0.1, 0.15) is 11.9 Å². The van der Waals surface area contributed by atoms with Crippen LogP contribution in [0.4, 0.5) is 0 Å². The van der Waals surface area contributed by atoms with Crippen LogP contribution in [0.1, 0.15) is 40.5 Å². The average molecular weight is 304 g/mol. The van der Waals surface area contributed by atoms with Crippen LogP contribution < -0.4 is 10.1 Å². The zero-order valence-electron chi connectivity index (χ0n) is 12.1. The minimum Gasteiger partial charge on any atom is -0.487 e. The predicted molar refractivity (Wildman–Crippen MR) is 83.5 cm³/mol. The summed E-state index contributed by atoms with van der Waals surface area (Å²) >= 11 is 12.1. The van der Waals surface area contributed by atoms with Crippen molar-refractivity contribution in [2.75, 3.05) is 6.54 Å². The Balaban J connectivity index is 2.69. The fourth-order valence-electron chi connectivity index (χ4n) is 1.69. The first kappa shape index (κ1) is 16.6. The molecule has 0 saturated carbocycles. The molecule has 0 aliphatic rings. The molecule has 1 atom stereocenters. The molecule has 0 bridgehead atoms. The van der Waals surface area contributed by atoms with E-state index in [9.17, 15) is 0 Å². The van der Waals surface area contributed by atoms with Gasteiger partial charge in [0.25, 0.3) is 0 Å². The smallest absolute Gasteiger partial charge is 0.139 e. The van der Waals surface area contributed by atoms with Crippen molar-refractivity contribution in [3.05, 3.63) is 28.2 Å². The van der Waals surface area contributed by atoms with Crippen LogP contribution >= 0.6 is 23.2 Å². The SMILES string of the molecule is CCCC(CNC(C)(C)C)Oc1cc(Cl)ccc1Cl. The Kier molecular flexibility index (Phi) is 6.45. The van der Waals surface area contributed by atoms with Crippen LogP contribution in [0.5, 0.6) is 5.75 Å². The number of benzene rings is 1. The second-order valence-corrected chi connectivity index (χ2v) is 6.58. The normalized spacial score (nSPS) is 13.4. The van der Waals surface area contributed by atoms with Crippen LogP contribution in [-0.4, -0.2) is 18.2 Å². The zero-order valence-corrected chi connectivity index (χ0v) is 13.6. The highest BCUT2D eigenvalue weighted by Crippen LogP contribution is 2.29. The summed E-state index contributed by atoms with van der Waals surface area (Å²) in [5, 5.41) is 4.70. The fraction of sp³-hybridized carbons (Fsp3) is 0.600. The van der Waals surface area contributed by atoms with Crippen molar-refractivity contribution in [3.8, 4) is 5.75 Å². The number of hydrogen-bond acceptors (Lipinski definition) is 2. The number of halogens is 2. The molecular weight excluding hydrogens is 281 g/mol. The molecule has 19 heavy (non-hydrogen) atoms. The molecule has 0 aliphatic heterocycles. The van der Waals surface area contributed by atoms with Crippen molar-refractivity contribution in [2.45, 2.75) is 52.2 Å². The molecule has 1 N–H and O–H groups in total. The molecule has 0 spiro atoms. The molecule has 1 rings (SSSR count). The maximum absolute atomic E-state index is 6.13. The first-order valence-electron chi connectivity index (χ1n) is 6.68. The quantitative estimate of drug-likeness (QED) is 0.804. The van der Waals surface area contributed by atoms with Crippen molar-refractivity contribution in [1.82, 2.24) is 5.32 Å². The summed E-state index contributed by atoms with van der Waals surface area (Å²) in [4.78, 5) is 0. The summed E-state index contributed by atoms with van der Waals surface area (Å²) in [5.41, 5.74) is 0.0769. The summed E-state index contributed by atoms with van der Waals surface area (Å²) in [7, 11) is 0. The molecule has 0 saturated heterocycles. The third-order valence-electron chi connectivity index (χ3n) is 2.66. The van der Waals surface area contributed by atoms with Gasteiger partial charge in [0, 0.05) is 23.2 Å². The lowest BCUT2D eigenvalue weighted by molar-refractivity contribution is 0.175.